The average Bonchev–Trinajstić information content (AvgIpc) is 2.35. The molecule has 1 rings (SSSR count). The van der Waals surface area contributed by atoms with E-state index in [1.54, 1.807) is 0 Å². The van der Waals surface area contributed by atoms with E-state index in [9.17, 15) is 21.6 Å². The largest absolute Gasteiger partial charge is 0.317 e. The molecule has 1 aromatic carbocycles. The van der Waals surface area contributed by atoms with Crippen molar-refractivity contribution in [2.45, 2.75) is 19.8 Å². The number of hydrogen-bond donors (Lipinski definition) is 2. The third kappa shape index (κ3) is 5.38. The van der Waals surface area contributed by atoms with Crippen LogP contribution in [0.15, 0.2) is 12.1 Å². The van der Waals surface area contributed by atoms with Crippen LogP contribution in [0, 0.1) is 17.5 Å². The van der Waals surface area contributed by atoms with Gasteiger partial charge in [0, 0.05) is 12.1 Å². The Morgan fingerprint density at radius 1 is 1.05 bits per heavy atom. The Hall–Kier alpha value is -1.28. The Morgan fingerprint density at radius 2 is 1.70 bits per heavy atom. The van der Waals surface area contributed by atoms with E-state index in [1.807, 2.05) is 11.6 Å². The molecular weight excluding hydrogens is 293 g/mol. The molecule has 0 saturated carbocycles. The van der Waals surface area contributed by atoms with Crippen LogP contribution >= 0.6 is 0 Å². The summed E-state index contributed by atoms with van der Waals surface area (Å²) in [7, 11) is -3.79. The maximum absolute atomic E-state index is 13.3. The minimum Gasteiger partial charge on any atom is -0.317 e. The zero-order valence-corrected chi connectivity index (χ0v) is 11.9. The molecule has 2 N–H and O–H groups in total. The summed E-state index contributed by atoms with van der Waals surface area (Å²) < 4.78 is 64.2. The average molecular weight is 310 g/mol. The van der Waals surface area contributed by atoms with Gasteiger partial charge in [-0.05, 0) is 25.9 Å². The molecule has 114 valence electrons. The summed E-state index contributed by atoms with van der Waals surface area (Å²) in [5.74, 6) is -4.07. The highest BCUT2D eigenvalue weighted by atomic mass is 32.2. The first-order chi connectivity index (χ1) is 9.35. The maximum atomic E-state index is 13.3. The molecule has 0 aliphatic heterocycles. The van der Waals surface area contributed by atoms with Crippen molar-refractivity contribution in [2.75, 3.05) is 23.6 Å². The summed E-state index contributed by atoms with van der Waals surface area (Å²) in [4.78, 5) is 0. The first-order valence-corrected chi connectivity index (χ1v) is 7.86. The van der Waals surface area contributed by atoms with Crippen LogP contribution in [0.2, 0.25) is 0 Å². The van der Waals surface area contributed by atoms with E-state index in [0.717, 1.165) is 13.0 Å². The number of anilines is 1. The Morgan fingerprint density at radius 3 is 2.35 bits per heavy atom. The summed E-state index contributed by atoms with van der Waals surface area (Å²) in [6.45, 7) is 3.28. The summed E-state index contributed by atoms with van der Waals surface area (Å²) in [5.41, 5.74) is -0.592. The zero-order chi connectivity index (χ0) is 15.2. The highest BCUT2D eigenvalue weighted by Crippen LogP contribution is 2.19. The van der Waals surface area contributed by atoms with Crippen molar-refractivity contribution < 1.29 is 21.6 Å². The van der Waals surface area contributed by atoms with E-state index in [0.29, 0.717) is 25.1 Å². The van der Waals surface area contributed by atoms with Crippen molar-refractivity contribution >= 4 is 15.7 Å². The van der Waals surface area contributed by atoms with Crippen LogP contribution in [0.1, 0.15) is 19.8 Å². The second-order valence-electron chi connectivity index (χ2n) is 4.27. The van der Waals surface area contributed by atoms with E-state index in [1.165, 1.54) is 0 Å². The molecule has 0 fully saturated rings. The molecule has 0 spiro atoms. The lowest BCUT2D eigenvalue weighted by Crippen LogP contribution is -2.23. The standard InChI is InChI=1S/C12H17F3N2O2S/c1-2-4-16-5-3-6-20(18,19)17-12-8-10(14)9(13)7-11(12)15/h7-8,16-17H,2-6H2,1H3. The number of sulfonamides is 1. The van der Waals surface area contributed by atoms with Gasteiger partial charge < -0.3 is 5.32 Å². The molecule has 0 heterocycles. The first kappa shape index (κ1) is 16.8. The van der Waals surface area contributed by atoms with E-state index in [2.05, 4.69) is 5.32 Å². The van der Waals surface area contributed by atoms with E-state index < -0.39 is 33.2 Å². The minimum absolute atomic E-state index is 0.234. The van der Waals surface area contributed by atoms with Crippen LogP contribution in [0.5, 0.6) is 0 Å². The lowest BCUT2D eigenvalue weighted by Gasteiger charge is -2.09. The van der Waals surface area contributed by atoms with Gasteiger partial charge in [-0.1, -0.05) is 6.92 Å². The van der Waals surface area contributed by atoms with Gasteiger partial charge in [-0.15, -0.1) is 0 Å². The van der Waals surface area contributed by atoms with Crippen molar-refractivity contribution in [3.05, 3.63) is 29.6 Å². The fourth-order valence-corrected chi connectivity index (χ4v) is 2.63. The number of rotatable bonds is 8. The van der Waals surface area contributed by atoms with E-state index >= 15 is 0 Å². The topological polar surface area (TPSA) is 58.2 Å². The molecule has 0 aromatic heterocycles. The fraction of sp³-hybridized carbons (Fsp3) is 0.500. The van der Waals surface area contributed by atoms with Crippen LogP contribution < -0.4 is 10.0 Å². The molecule has 0 atom stereocenters. The molecule has 0 saturated heterocycles. The Labute approximate surface area is 116 Å². The summed E-state index contributed by atoms with van der Waals surface area (Å²) in [6.07, 6.45) is 1.27. The lowest BCUT2D eigenvalue weighted by molar-refractivity contribution is 0.496. The maximum Gasteiger partial charge on any atom is 0.232 e. The molecule has 0 unspecified atom stereocenters. The monoisotopic (exact) mass is 310 g/mol. The highest BCUT2D eigenvalue weighted by molar-refractivity contribution is 7.92. The molecule has 0 radical (unpaired) electrons. The van der Waals surface area contributed by atoms with E-state index in [4.69, 9.17) is 0 Å². The van der Waals surface area contributed by atoms with Gasteiger partial charge in [0.25, 0.3) is 0 Å². The molecule has 8 heteroatoms. The fourth-order valence-electron chi connectivity index (χ4n) is 1.51. The van der Waals surface area contributed by atoms with Gasteiger partial charge in [-0.2, -0.15) is 0 Å². The van der Waals surface area contributed by atoms with E-state index in [-0.39, 0.29) is 5.75 Å². The summed E-state index contributed by atoms with van der Waals surface area (Å²) in [5, 5.41) is 3.02. The second kappa shape index (κ2) is 7.49. The van der Waals surface area contributed by atoms with Crippen molar-refractivity contribution in [2.24, 2.45) is 0 Å². The molecule has 0 aliphatic rings. The summed E-state index contributed by atoms with van der Waals surface area (Å²) in [6, 6.07) is 0.785. The molecule has 0 amide bonds. The van der Waals surface area contributed by atoms with Gasteiger partial charge in [-0.25, -0.2) is 21.6 Å². The Bertz CT molecular complexity index is 550. The lowest BCUT2D eigenvalue weighted by atomic mass is 10.3. The summed E-state index contributed by atoms with van der Waals surface area (Å²) >= 11 is 0. The molecule has 0 bridgehead atoms. The number of hydrogen-bond acceptors (Lipinski definition) is 3. The van der Waals surface area contributed by atoms with Crippen LogP contribution in [0.25, 0.3) is 0 Å². The quantitative estimate of drug-likeness (QED) is 0.572. The van der Waals surface area contributed by atoms with Crippen molar-refractivity contribution in [3.8, 4) is 0 Å². The number of halogens is 3. The number of nitrogens with one attached hydrogen (secondary N) is 2. The van der Waals surface area contributed by atoms with Crippen LogP contribution in [0.4, 0.5) is 18.9 Å². The molecular formula is C12H17F3N2O2S. The van der Waals surface area contributed by atoms with Gasteiger partial charge in [0.05, 0.1) is 11.4 Å². The molecule has 1 aromatic rings. The predicted octanol–water partition coefficient (Wildman–Crippen LogP) is 2.24. The van der Waals surface area contributed by atoms with Crippen molar-refractivity contribution in [1.82, 2.24) is 5.32 Å². The smallest absolute Gasteiger partial charge is 0.232 e. The van der Waals surface area contributed by atoms with Crippen LogP contribution in [-0.4, -0.2) is 27.3 Å². The van der Waals surface area contributed by atoms with Gasteiger partial charge in [0.1, 0.15) is 5.82 Å². The predicted molar refractivity (Wildman–Crippen MR) is 71.5 cm³/mol. The molecule has 4 nitrogen and oxygen atoms in total. The normalized spacial score (nSPS) is 11.6. The SMILES string of the molecule is CCCNCCCS(=O)(=O)Nc1cc(F)c(F)cc1F. The van der Waals surface area contributed by atoms with Gasteiger partial charge in [-0.3, -0.25) is 4.72 Å². The molecule has 0 aliphatic carbocycles. The highest BCUT2D eigenvalue weighted by Gasteiger charge is 2.15. The zero-order valence-electron chi connectivity index (χ0n) is 11.0. The Kier molecular flexibility index (Phi) is 6.28. The van der Waals surface area contributed by atoms with Gasteiger partial charge >= 0.3 is 0 Å². The second-order valence-corrected chi connectivity index (χ2v) is 6.11. The van der Waals surface area contributed by atoms with Crippen molar-refractivity contribution in [1.29, 1.82) is 0 Å². The third-order valence-corrected chi connectivity index (χ3v) is 3.83. The Balaban J connectivity index is 2.60. The minimum atomic E-state index is -3.79. The first-order valence-electron chi connectivity index (χ1n) is 6.21. The van der Waals surface area contributed by atoms with Gasteiger partial charge in [0.15, 0.2) is 11.6 Å². The third-order valence-electron chi connectivity index (χ3n) is 2.47. The number of benzene rings is 1. The van der Waals surface area contributed by atoms with Gasteiger partial charge in [0.2, 0.25) is 10.0 Å². The van der Waals surface area contributed by atoms with Crippen LogP contribution in [0.3, 0.4) is 0 Å². The molecule has 20 heavy (non-hydrogen) atoms. The van der Waals surface area contributed by atoms with Crippen molar-refractivity contribution in [3.63, 3.8) is 0 Å². The van der Waals surface area contributed by atoms with Crippen LogP contribution in [-0.2, 0) is 10.0 Å².